The minimum Gasteiger partial charge on any atom is -0.469 e. The molecular weight excluding hydrogens is 791 g/mol. The number of ether oxygens (including phenoxy) is 2. The van der Waals surface area contributed by atoms with E-state index in [4.69, 9.17) is 9.47 Å². The van der Waals surface area contributed by atoms with Gasteiger partial charge in [0, 0.05) is 61.3 Å². The second kappa shape index (κ2) is 21.4. The van der Waals surface area contributed by atoms with Gasteiger partial charge < -0.3 is 29.9 Å². The van der Waals surface area contributed by atoms with Gasteiger partial charge in [-0.05, 0) is 140 Å². The Balaban J connectivity index is 1.20. The molecule has 1 fully saturated rings. The van der Waals surface area contributed by atoms with E-state index in [9.17, 15) is 24.0 Å². The predicted octanol–water partition coefficient (Wildman–Crippen LogP) is 9.11. The number of thiophene rings is 1. The highest BCUT2D eigenvalue weighted by atomic mass is 32.1. The largest absolute Gasteiger partial charge is 0.469 e. The van der Waals surface area contributed by atoms with Gasteiger partial charge in [-0.15, -0.1) is 11.3 Å². The molecule has 2 N–H and O–H groups in total. The number of anilines is 2. The number of hydrogen-bond acceptors (Lipinski definition) is 9. The van der Waals surface area contributed by atoms with Crippen LogP contribution in [0.2, 0.25) is 0 Å². The molecule has 1 aromatic heterocycles. The highest BCUT2D eigenvalue weighted by Gasteiger charge is 2.32. The van der Waals surface area contributed by atoms with Gasteiger partial charge in [-0.3, -0.25) is 24.1 Å². The summed E-state index contributed by atoms with van der Waals surface area (Å²) in [4.78, 5) is 73.5. The summed E-state index contributed by atoms with van der Waals surface area (Å²) in [6.45, 7) is 17.6. The average molecular weight is 858 g/mol. The molecule has 1 saturated heterocycles. The lowest BCUT2D eigenvalue weighted by molar-refractivity contribution is -0.151. The summed E-state index contributed by atoms with van der Waals surface area (Å²) in [6, 6.07) is 15.3. The van der Waals surface area contributed by atoms with Gasteiger partial charge in [0.05, 0.1) is 18.1 Å². The molecule has 332 valence electrons. The van der Waals surface area contributed by atoms with Gasteiger partial charge in [0.1, 0.15) is 10.6 Å². The van der Waals surface area contributed by atoms with Crippen molar-refractivity contribution in [2.75, 3.05) is 50.5 Å². The first-order valence-corrected chi connectivity index (χ1v) is 22.9. The van der Waals surface area contributed by atoms with Gasteiger partial charge in [0.15, 0.2) is 0 Å². The van der Waals surface area contributed by atoms with Gasteiger partial charge in [-0.25, -0.2) is 4.79 Å². The number of hydrogen-bond donors (Lipinski definition) is 2. The van der Waals surface area contributed by atoms with Crippen molar-refractivity contribution in [3.05, 3.63) is 81.2 Å². The zero-order valence-corrected chi connectivity index (χ0v) is 38.4. The molecule has 0 atom stereocenters. The number of nitrogens with zero attached hydrogens (tertiary/aromatic N) is 3. The normalized spacial score (nSPS) is 14.6. The summed E-state index contributed by atoms with van der Waals surface area (Å²) in [6.07, 6.45) is 7.44. The third-order valence-corrected chi connectivity index (χ3v) is 13.0. The summed E-state index contributed by atoms with van der Waals surface area (Å²) >= 11 is 1.48. The zero-order chi connectivity index (χ0) is 44.3. The van der Waals surface area contributed by atoms with Crippen LogP contribution in [0.5, 0.6) is 0 Å². The SMILES string of the molecule is CCC(CC)N(Cc1cccc(C(=O)Nc2sc3c(c2C(=O)Nc2ccc(CCCN4CCN(C(=O)OC(C)(C)C)CC4)cc2)CCCC3)c1)C(=O)CCC(C)(C)C(=O)OC. The van der Waals surface area contributed by atoms with Crippen LogP contribution < -0.4 is 10.6 Å². The maximum atomic E-state index is 14.0. The number of nitrogens with one attached hydrogen (secondary N) is 2. The number of esters is 1. The first kappa shape index (κ1) is 47.3. The third kappa shape index (κ3) is 13.1. The third-order valence-electron chi connectivity index (χ3n) is 11.7. The van der Waals surface area contributed by atoms with Crippen LogP contribution in [0.25, 0.3) is 0 Å². The first-order chi connectivity index (χ1) is 29.0. The Morgan fingerprint density at radius 3 is 2.20 bits per heavy atom. The van der Waals surface area contributed by atoms with Gasteiger partial charge in [-0.1, -0.05) is 38.1 Å². The number of piperazine rings is 1. The molecule has 1 aliphatic carbocycles. The van der Waals surface area contributed by atoms with E-state index in [2.05, 4.69) is 41.5 Å². The van der Waals surface area contributed by atoms with Crippen molar-refractivity contribution in [2.45, 2.75) is 131 Å². The zero-order valence-electron chi connectivity index (χ0n) is 37.6. The van der Waals surface area contributed by atoms with Crippen LogP contribution in [-0.4, -0.2) is 96.0 Å². The Morgan fingerprint density at radius 1 is 0.852 bits per heavy atom. The molecule has 0 spiro atoms. The summed E-state index contributed by atoms with van der Waals surface area (Å²) in [7, 11) is 1.36. The number of amides is 4. The molecule has 0 bridgehead atoms. The van der Waals surface area contributed by atoms with Crippen molar-refractivity contribution >= 4 is 51.8 Å². The number of fused-ring (bicyclic) bond motifs is 1. The van der Waals surface area contributed by atoms with Crippen LogP contribution in [-0.2, 0) is 44.9 Å². The van der Waals surface area contributed by atoms with E-state index < -0.39 is 11.0 Å². The minimum atomic E-state index is -0.782. The Bertz CT molecular complexity index is 1990. The van der Waals surface area contributed by atoms with Crippen LogP contribution in [0.4, 0.5) is 15.5 Å². The molecule has 1 aliphatic heterocycles. The molecule has 12 nitrogen and oxygen atoms in total. The number of carbonyl (C=O) groups excluding carboxylic acids is 5. The maximum Gasteiger partial charge on any atom is 0.410 e. The number of carbonyl (C=O) groups is 5. The maximum absolute atomic E-state index is 14.0. The number of methoxy groups -OCH3 is 1. The van der Waals surface area contributed by atoms with Crippen molar-refractivity contribution in [1.82, 2.24) is 14.7 Å². The Morgan fingerprint density at radius 2 is 1.54 bits per heavy atom. The van der Waals surface area contributed by atoms with E-state index in [1.807, 2.05) is 56.0 Å². The molecule has 2 heterocycles. The number of aryl methyl sites for hydroxylation is 2. The Labute approximate surface area is 366 Å². The molecule has 2 aromatic carbocycles. The molecule has 0 unspecified atom stereocenters. The lowest BCUT2D eigenvalue weighted by atomic mass is 9.87. The smallest absolute Gasteiger partial charge is 0.410 e. The van der Waals surface area contributed by atoms with Gasteiger partial charge in [-0.2, -0.15) is 0 Å². The molecule has 13 heteroatoms. The lowest BCUT2D eigenvalue weighted by Crippen LogP contribution is -2.50. The molecular formula is C48H67N5O7S. The minimum absolute atomic E-state index is 0.00682. The molecule has 0 radical (unpaired) electrons. The highest BCUT2D eigenvalue weighted by Crippen LogP contribution is 2.39. The van der Waals surface area contributed by atoms with E-state index in [1.165, 1.54) is 24.0 Å². The standard InChI is InChI=1S/C48H67N5O7S/c1-9-37(10-2)53(40(54)24-25-48(6,7)45(57)59-8)32-34-15-13-17-35(31-34)42(55)50-44-41(38-18-11-12-19-39(38)61-44)43(56)49-36-22-20-33(21-23-36)16-14-26-51-27-29-52(30-28-51)46(58)60-47(3,4)5/h13,15,17,20-23,31,37H,9-12,14,16,18-19,24-30,32H2,1-8H3,(H,49,56)(H,50,55). The second-order valence-corrected chi connectivity index (χ2v) is 19.1. The summed E-state index contributed by atoms with van der Waals surface area (Å²) in [5.74, 6) is -0.943. The molecule has 4 amide bonds. The van der Waals surface area contributed by atoms with Crippen LogP contribution in [0.15, 0.2) is 48.5 Å². The van der Waals surface area contributed by atoms with Gasteiger partial charge in [0.25, 0.3) is 11.8 Å². The lowest BCUT2D eigenvalue weighted by Gasteiger charge is -2.35. The predicted molar refractivity (Wildman–Crippen MR) is 242 cm³/mol. The molecule has 61 heavy (non-hydrogen) atoms. The Hall–Kier alpha value is -4.75. The van der Waals surface area contributed by atoms with E-state index in [0.29, 0.717) is 47.9 Å². The molecule has 2 aliphatic rings. The van der Waals surface area contributed by atoms with Crippen molar-refractivity contribution in [1.29, 1.82) is 0 Å². The van der Waals surface area contributed by atoms with Gasteiger partial charge >= 0.3 is 12.1 Å². The Kier molecular flexibility index (Phi) is 16.6. The molecule has 5 rings (SSSR count). The van der Waals surface area contributed by atoms with Crippen molar-refractivity contribution < 1.29 is 33.4 Å². The summed E-state index contributed by atoms with van der Waals surface area (Å²) in [5.41, 5.74) is 3.40. The van der Waals surface area contributed by atoms with E-state index in [1.54, 1.807) is 24.8 Å². The summed E-state index contributed by atoms with van der Waals surface area (Å²) < 4.78 is 10.5. The first-order valence-electron chi connectivity index (χ1n) is 22.0. The fourth-order valence-corrected chi connectivity index (χ4v) is 9.39. The van der Waals surface area contributed by atoms with Crippen LogP contribution in [0.3, 0.4) is 0 Å². The topological polar surface area (TPSA) is 138 Å². The van der Waals surface area contributed by atoms with E-state index in [0.717, 1.165) is 87.0 Å². The quantitative estimate of drug-likeness (QED) is 0.128. The number of benzene rings is 2. The molecule has 0 saturated carbocycles. The second-order valence-electron chi connectivity index (χ2n) is 18.0. The van der Waals surface area contributed by atoms with E-state index >= 15 is 0 Å². The van der Waals surface area contributed by atoms with E-state index in [-0.39, 0.29) is 42.2 Å². The van der Waals surface area contributed by atoms with Crippen molar-refractivity contribution in [3.8, 4) is 0 Å². The monoisotopic (exact) mass is 857 g/mol. The molecule has 3 aromatic rings. The fourth-order valence-electron chi connectivity index (χ4n) is 8.10. The number of rotatable bonds is 17. The van der Waals surface area contributed by atoms with Crippen molar-refractivity contribution in [2.24, 2.45) is 5.41 Å². The highest BCUT2D eigenvalue weighted by molar-refractivity contribution is 7.17. The van der Waals surface area contributed by atoms with Crippen LogP contribution >= 0.6 is 11.3 Å². The van der Waals surface area contributed by atoms with Crippen LogP contribution in [0, 0.1) is 5.41 Å². The van der Waals surface area contributed by atoms with Crippen LogP contribution in [0.1, 0.15) is 136 Å². The van der Waals surface area contributed by atoms with Crippen molar-refractivity contribution in [3.63, 3.8) is 0 Å². The fraction of sp³-hybridized carbons (Fsp3) is 0.562. The summed E-state index contributed by atoms with van der Waals surface area (Å²) in [5, 5.41) is 6.74. The average Bonchev–Trinajstić information content (AvgIpc) is 3.60. The van der Waals surface area contributed by atoms with Gasteiger partial charge in [0.2, 0.25) is 5.91 Å².